The van der Waals surface area contributed by atoms with Crippen LogP contribution in [0.3, 0.4) is 0 Å². The molecule has 0 radical (unpaired) electrons. The number of sulfone groups is 1. The highest BCUT2D eigenvalue weighted by atomic mass is 32.2. The number of benzene rings is 1. The van der Waals surface area contributed by atoms with Gasteiger partial charge in [0.25, 0.3) is 0 Å². The molecule has 0 spiro atoms. The molecule has 1 aromatic rings. The Bertz CT molecular complexity index is 732. The number of carbonyl (C=O) groups excluding carboxylic acids is 1. The van der Waals surface area contributed by atoms with Crippen molar-refractivity contribution in [3.05, 3.63) is 29.3 Å². The average molecular weight is 370 g/mol. The molecule has 0 aromatic heterocycles. The molecule has 1 aliphatic heterocycles. The summed E-state index contributed by atoms with van der Waals surface area (Å²) in [4.78, 5) is 11.8. The van der Waals surface area contributed by atoms with Crippen LogP contribution in [0.2, 0.25) is 0 Å². The summed E-state index contributed by atoms with van der Waals surface area (Å²) >= 11 is 5.20. The summed E-state index contributed by atoms with van der Waals surface area (Å²) in [5, 5.41) is 9.26. The van der Waals surface area contributed by atoms with E-state index in [0.29, 0.717) is 18.1 Å². The number of rotatable bonds is 5. The minimum atomic E-state index is -2.98. The fraction of sp³-hybridized carbons (Fsp3) is 0.500. The minimum absolute atomic E-state index is 0.0406. The Morgan fingerprint density at radius 3 is 2.67 bits per heavy atom. The minimum Gasteiger partial charge on any atom is -0.362 e. The maximum absolute atomic E-state index is 11.8. The highest BCUT2D eigenvalue weighted by molar-refractivity contribution is 7.91. The Morgan fingerprint density at radius 2 is 2.04 bits per heavy atom. The third-order valence-electron chi connectivity index (χ3n) is 4.00. The van der Waals surface area contributed by atoms with Crippen LogP contribution >= 0.6 is 12.2 Å². The maximum Gasteiger partial charge on any atom is 0.222 e. The van der Waals surface area contributed by atoms with Crippen molar-refractivity contribution in [1.29, 1.82) is 0 Å². The second-order valence-corrected chi connectivity index (χ2v) is 8.73. The summed E-state index contributed by atoms with van der Waals surface area (Å²) in [5.41, 5.74) is 3.29. The van der Waals surface area contributed by atoms with E-state index in [1.165, 1.54) is 11.1 Å². The molecule has 1 amide bonds. The molecule has 1 fully saturated rings. The molecule has 1 aromatic carbocycles. The van der Waals surface area contributed by atoms with E-state index in [1.807, 2.05) is 32.0 Å². The zero-order chi connectivity index (χ0) is 17.7. The lowest BCUT2D eigenvalue weighted by molar-refractivity contribution is -0.121. The van der Waals surface area contributed by atoms with Crippen LogP contribution in [-0.4, -0.2) is 43.5 Å². The summed E-state index contributed by atoms with van der Waals surface area (Å²) in [7, 11) is -2.98. The van der Waals surface area contributed by atoms with Crippen molar-refractivity contribution in [3.63, 3.8) is 0 Å². The van der Waals surface area contributed by atoms with Gasteiger partial charge in [-0.2, -0.15) is 0 Å². The molecule has 0 aliphatic carbocycles. The quantitative estimate of drug-likeness (QED) is 0.678. The van der Waals surface area contributed by atoms with Crippen molar-refractivity contribution in [2.24, 2.45) is 0 Å². The summed E-state index contributed by atoms with van der Waals surface area (Å²) < 4.78 is 22.7. The average Bonchev–Trinajstić information content (AvgIpc) is 2.81. The molecule has 1 saturated heterocycles. The molecular formula is C16H23N3O3S2. The molecule has 1 unspecified atom stereocenters. The van der Waals surface area contributed by atoms with E-state index in [4.69, 9.17) is 12.2 Å². The van der Waals surface area contributed by atoms with E-state index >= 15 is 0 Å². The van der Waals surface area contributed by atoms with Crippen molar-refractivity contribution in [2.75, 3.05) is 23.4 Å². The molecule has 6 nitrogen and oxygen atoms in total. The van der Waals surface area contributed by atoms with E-state index < -0.39 is 9.84 Å². The molecule has 132 valence electrons. The fourth-order valence-electron chi connectivity index (χ4n) is 2.49. The smallest absolute Gasteiger partial charge is 0.222 e. The van der Waals surface area contributed by atoms with Gasteiger partial charge in [0.2, 0.25) is 5.91 Å². The van der Waals surface area contributed by atoms with Gasteiger partial charge in [0.15, 0.2) is 14.9 Å². The lowest BCUT2D eigenvalue weighted by atomic mass is 10.1. The number of amides is 1. The summed E-state index contributed by atoms with van der Waals surface area (Å²) in [6, 6.07) is 5.71. The maximum atomic E-state index is 11.8. The van der Waals surface area contributed by atoms with Crippen LogP contribution < -0.4 is 16.0 Å². The standard InChI is InChI=1S/C16H23N3O3S2/c1-11-3-4-13(9-12(11)2)19-16(23)17-7-5-15(20)18-14-6-8-24(21,22)10-14/h3-4,9,14H,5-8,10H2,1-2H3,(H,18,20)(H2,17,19,23). The lowest BCUT2D eigenvalue weighted by Gasteiger charge is -2.13. The zero-order valence-electron chi connectivity index (χ0n) is 13.9. The summed E-state index contributed by atoms with van der Waals surface area (Å²) in [6.07, 6.45) is 0.736. The predicted molar refractivity (Wildman–Crippen MR) is 100.0 cm³/mol. The van der Waals surface area contributed by atoms with Gasteiger partial charge in [0.05, 0.1) is 11.5 Å². The molecule has 8 heteroatoms. The van der Waals surface area contributed by atoms with Crippen LogP contribution in [0.1, 0.15) is 24.0 Å². The molecule has 1 heterocycles. The number of anilines is 1. The first-order valence-electron chi connectivity index (χ1n) is 7.87. The molecule has 2 rings (SSSR count). The molecule has 24 heavy (non-hydrogen) atoms. The van der Waals surface area contributed by atoms with Crippen LogP contribution in [0, 0.1) is 13.8 Å². The van der Waals surface area contributed by atoms with E-state index in [1.54, 1.807) is 0 Å². The van der Waals surface area contributed by atoms with Gasteiger partial charge >= 0.3 is 0 Å². The van der Waals surface area contributed by atoms with Crippen molar-refractivity contribution < 1.29 is 13.2 Å². The second kappa shape index (κ2) is 7.94. The molecule has 1 aliphatic rings. The van der Waals surface area contributed by atoms with Crippen LogP contribution in [0.25, 0.3) is 0 Å². The zero-order valence-corrected chi connectivity index (χ0v) is 15.5. The van der Waals surface area contributed by atoms with Crippen molar-refractivity contribution in [3.8, 4) is 0 Å². The van der Waals surface area contributed by atoms with Crippen LogP contribution in [-0.2, 0) is 14.6 Å². The van der Waals surface area contributed by atoms with Gasteiger partial charge in [-0.3, -0.25) is 4.79 Å². The normalized spacial score (nSPS) is 18.8. The van der Waals surface area contributed by atoms with E-state index in [9.17, 15) is 13.2 Å². The molecule has 3 N–H and O–H groups in total. The molecule has 1 atom stereocenters. The number of aryl methyl sites for hydroxylation is 2. The first-order chi connectivity index (χ1) is 11.2. The van der Waals surface area contributed by atoms with Gasteiger partial charge in [-0.25, -0.2) is 8.42 Å². The first-order valence-corrected chi connectivity index (χ1v) is 10.1. The van der Waals surface area contributed by atoms with E-state index in [-0.39, 0.29) is 29.9 Å². The summed E-state index contributed by atoms with van der Waals surface area (Å²) in [6.45, 7) is 4.47. The van der Waals surface area contributed by atoms with Gasteiger partial charge in [0.1, 0.15) is 0 Å². The summed E-state index contributed by atoms with van der Waals surface area (Å²) in [5.74, 6) is 0.0256. The topological polar surface area (TPSA) is 87.3 Å². The number of nitrogens with one attached hydrogen (secondary N) is 3. The monoisotopic (exact) mass is 369 g/mol. The SMILES string of the molecule is Cc1ccc(NC(=S)NCCC(=O)NC2CCS(=O)(=O)C2)cc1C. The predicted octanol–water partition coefficient (Wildman–Crippen LogP) is 1.28. The highest BCUT2D eigenvalue weighted by Crippen LogP contribution is 2.14. The Kier molecular flexibility index (Phi) is 6.17. The number of hydrogen-bond acceptors (Lipinski definition) is 4. The Hall–Kier alpha value is -1.67. The van der Waals surface area contributed by atoms with Crippen molar-refractivity contribution in [2.45, 2.75) is 32.7 Å². The van der Waals surface area contributed by atoms with Gasteiger partial charge in [-0.05, 0) is 55.7 Å². The number of thiocarbonyl (C=S) groups is 1. The van der Waals surface area contributed by atoms with Gasteiger partial charge in [-0.1, -0.05) is 6.07 Å². The van der Waals surface area contributed by atoms with Crippen molar-refractivity contribution in [1.82, 2.24) is 10.6 Å². The molecule has 0 bridgehead atoms. The first kappa shape index (κ1) is 18.7. The Balaban J connectivity index is 1.68. The third-order valence-corrected chi connectivity index (χ3v) is 6.01. The van der Waals surface area contributed by atoms with E-state index in [0.717, 1.165) is 5.69 Å². The third kappa shape index (κ3) is 5.76. The largest absolute Gasteiger partial charge is 0.362 e. The number of hydrogen-bond donors (Lipinski definition) is 3. The van der Waals surface area contributed by atoms with E-state index in [2.05, 4.69) is 16.0 Å². The van der Waals surface area contributed by atoms with Crippen LogP contribution in [0.5, 0.6) is 0 Å². The molecule has 0 saturated carbocycles. The van der Waals surface area contributed by atoms with Gasteiger partial charge in [0, 0.05) is 24.7 Å². The van der Waals surface area contributed by atoms with Crippen LogP contribution in [0.4, 0.5) is 5.69 Å². The highest BCUT2D eigenvalue weighted by Gasteiger charge is 2.28. The van der Waals surface area contributed by atoms with Gasteiger partial charge < -0.3 is 16.0 Å². The number of carbonyl (C=O) groups is 1. The fourth-order valence-corrected chi connectivity index (χ4v) is 4.39. The molecular weight excluding hydrogens is 346 g/mol. The Labute approximate surface area is 148 Å². The van der Waals surface area contributed by atoms with Gasteiger partial charge in [-0.15, -0.1) is 0 Å². The second-order valence-electron chi connectivity index (χ2n) is 6.10. The van der Waals surface area contributed by atoms with Crippen LogP contribution in [0.15, 0.2) is 18.2 Å². The Morgan fingerprint density at radius 1 is 1.29 bits per heavy atom. The van der Waals surface area contributed by atoms with Crippen molar-refractivity contribution >= 4 is 38.8 Å². The lowest BCUT2D eigenvalue weighted by Crippen LogP contribution is -2.38.